The van der Waals surface area contributed by atoms with Crippen molar-refractivity contribution in [3.8, 4) is 16.9 Å². The molecule has 0 aliphatic carbocycles. The van der Waals surface area contributed by atoms with Gasteiger partial charge in [0, 0.05) is 11.9 Å². The van der Waals surface area contributed by atoms with E-state index in [1.165, 1.54) is 5.56 Å². The largest absolute Gasteiger partial charge is 0.398 e. The minimum atomic E-state index is 0.0930. The first-order valence-corrected chi connectivity index (χ1v) is 10.6. The number of hydrogen-bond acceptors (Lipinski definition) is 5. The maximum absolute atomic E-state index is 6.10. The molecule has 3 aromatic carbocycles. The van der Waals surface area contributed by atoms with E-state index < -0.39 is 0 Å². The quantitative estimate of drug-likeness (QED) is 0.365. The first kappa shape index (κ1) is 19.8. The smallest absolute Gasteiger partial charge is 0.225 e. The molecule has 158 valence electrons. The van der Waals surface area contributed by atoms with Crippen molar-refractivity contribution in [1.29, 1.82) is 0 Å². The number of fused-ring (bicyclic) bond motifs is 1. The van der Waals surface area contributed by atoms with Crippen molar-refractivity contribution in [2.75, 3.05) is 11.1 Å². The lowest BCUT2D eigenvalue weighted by Crippen LogP contribution is -2.10. The van der Waals surface area contributed by atoms with Crippen LogP contribution in [-0.2, 0) is 0 Å². The van der Waals surface area contributed by atoms with E-state index in [1.807, 2.05) is 47.9 Å². The molecule has 0 aliphatic heterocycles. The average Bonchev–Trinajstić information content (AvgIpc) is 3.25. The van der Waals surface area contributed by atoms with Gasteiger partial charge in [0.15, 0.2) is 0 Å². The van der Waals surface area contributed by atoms with Gasteiger partial charge in [0.25, 0.3) is 0 Å². The Labute approximate surface area is 186 Å². The summed E-state index contributed by atoms with van der Waals surface area (Å²) in [5.74, 6) is 1.34. The van der Waals surface area contributed by atoms with E-state index >= 15 is 0 Å². The minimum Gasteiger partial charge on any atom is -0.398 e. The number of aryl methyl sites for hydroxylation is 1. The van der Waals surface area contributed by atoms with Gasteiger partial charge in [-0.05, 0) is 60.4 Å². The van der Waals surface area contributed by atoms with E-state index in [4.69, 9.17) is 10.7 Å². The zero-order chi connectivity index (χ0) is 22.1. The van der Waals surface area contributed by atoms with Gasteiger partial charge in [-0.1, -0.05) is 48.5 Å². The Morgan fingerprint density at radius 3 is 2.50 bits per heavy atom. The highest BCUT2D eigenvalue weighted by atomic mass is 15.2. The maximum Gasteiger partial charge on any atom is 0.225 e. The molecule has 0 radical (unpaired) electrons. The molecule has 6 heteroatoms. The van der Waals surface area contributed by atoms with Crippen LogP contribution in [-0.4, -0.2) is 19.5 Å². The second kappa shape index (κ2) is 8.15. The molecule has 32 heavy (non-hydrogen) atoms. The third-order valence-electron chi connectivity index (χ3n) is 5.69. The molecule has 3 N–H and O–H groups in total. The van der Waals surface area contributed by atoms with Crippen LogP contribution in [0.5, 0.6) is 0 Å². The van der Waals surface area contributed by atoms with Crippen molar-refractivity contribution in [3.63, 3.8) is 0 Å². The van der Waals surface area contributed by atoms with Crippen LogP contribution in [0.3, 0.4) is 0 Å². The van der Waals surface area contributed by atoms with E-state index in [-0.39, 0.29) is 6.04 Å². The molecule has 0 fully saturated rings. The molecule has 0 unspecified atom stereocenters. The summed E-state index contributed by atoms with van der Waals surface area (Å²) in [6.45, 7) is 4.10. The molecule has 0 amide bonds. The van der Waals surface area contributed by atoms with Crippen molar-refractivity contribution in [2.45, 2.75) is 19.9 Å². The van der Waals surface area contributed by atoms with Gasteiger partial charge in [-0.15, -0.1) is 0 Å². The van der Waals surface area contributed by atoms with Gasteiger partial charge >= 0.3 is 0 Å². The Hall–Kier alpha value is -4.19. The summed E-state index contributed by atoms with van der Waals surface area (Å²) in [5, 5.41) is 3.38. The Morgan fingerprint density at radius 1 is 0.906 bits per heavy atom. The van der Waals surface area contributed by atoms with Crippen LogP contribution < -0.4 is 11.1 Å². The number of hydrogen-bond donors (Lipinski definition) is 2. The number of imidazole rings is 1. The number of rotatable bonds is 5. The van der Waals surface area contributed by atoms with Gasteiger partial charge in [-0.2, -0.15) is 4.98 Å². The molecule has 1 atom stereocenters. The zero-order valence-electron chi connectivity index (χ0n) is 18.0. The summed E-state index contributed by atoms with van der Waals surface area (Å²) in [6, 6.07) is 24.6. The second-order valence-electron chi connectivity index (χ2n) is 7.90. The molecule has 5 rings (SSSR count). The Bertz CT molecular complexity index is 1390. The SMILES string of the molecule is Cc1ccc(-c2ccc3c(c2)ncn3-c2ccnc(N[C@@H](C)c3ccccc3)n2)cc1N. The molecule has 5 aromatic rings. The van der Waals surface area contributed by atoms with Crippen LogP contribution in [0.15, 0.2) is 85.3 Å². The summed E-state index contributed by atoms with van der Waals surface area (Å²) in [6.07, 6.45) is 3.56. The number of nitrogens with two attached hydrogens (primary N) is 1. The maximum atomic E-state index is 6.10. The summed E-state index contributed by atoms with van der Waals surface area (Å²) < 4.78 is 1.97. The Balaban J connectivity index is 1.45. The number of nitrogen functional groups attached to an aromatic ring is 1. The monoisotopic (exact) mass is 420 g/mol. The van der Waals surface area contributed by atoms with Crippen LogP contribution >= 0.6 is 0 Å². The number of aromatic nitrogens is 4. The fourth-order valence-corrected chi connectivity index (χ4v) is 3.77. The third kappa shape index (κ3) is 3.78. The highest BCUT2D eigenvalue weighted by Gasteiger charge is 2.11. The molecular weight excluding hydrogens is 396 g/mol. The number of benzene rings is 3. The van der Waals surface area contributed by atoms with Crippen LogP contribution in [0.25, 0.3) is 28.0 Å². The van der Waals surface area contributed by atoms with Gasteiger partial charge in [0.05, 0.1) is 17.1 Å². The number of anilines is 2. The summed E-state index contributed by atoms with van der Waals surface area (Å²) in [5.41, 5.74) is 13.2. The van der Waals surface area contributed by atoms with Crippen molar-refractivity contribution in [1.82, 2.24) is 19.5 Å². The molecule has 0 bridgehead atoms. The molecule has 0 saturated heterocycles. The molecule has 2 aromatic heterocycles. The van der Waals surface area contributed by atoms with E-state index in [2.05, 4.69) is 58.6 Å². The lowest BCUT2D eigenvalue weighted by Gasteiger charge is -2.14. The minimum absolute atomic E-state index is 0.0930. The van der Waals surface area contributed by atoms with Crippen molar-refractivity contribution >= 4 is 22.7 Å². The van der Waals surface area contributed by atoms with E-state index in [0.29, 0.717) is 5.95 Å². The summed E-state index contributed by atoms with van der Waals surface area (Å²) in [7, 11) is 0. The standard InChI is InChI=1S/C26H24N6/c1-17-8-9-20(14-22(17)27)21-10-11-24-23(15-21)29-16-32(24)25-12-13-28-26(31-25)30-18(2)19-6-4-3-5-7-19/h3-16,18H,27H2,1-2H3,(H,28,30,31)/t18-/m0/s1. The molecular formula is C26H24N6. The topological polar surface area (TPSA) is 81.7 Å². The molecule has 6 nitrogen and oxygen atoms in total. The van der Waals surface area contributed by atoms with Crippen LogP contribution in [0.2, 0.25) is 0 Å². The van der Waals surface area contributed by atoms with Gasteiger partial charge in [-0.3, -0.25) is 4.57 Å². The highest BCUT2D eigenvalue weighted by Crippen LogP contribution is 2.28. The predicted molar refractivity (Wildman–Crippen MR) is 130 cm³/mol. The molecule has 0 aliphatic rings. The second-order valence-corrected chi connectivity index (χ2v) is 7.90. The van der Waals surface area contributed by atoms with Crippen LogP contribution in [0.1, 0.15) is 24.1 Å². The summed E-state index contributed by atoms with van der Waals surface area (Å²) in [4.78, 5) is 13.7. The molecule has 2 heterocycles. The molecule has 0 spiro atoms. The van der Waals surface area contributed by atoms with Crippen molar-refractivity contribution < 1.29 is 0 Å². The van der Waals surface area contributed by atoms with Crippen LogP contribution in [0.4, 0.5) is 11.6 Å². The molecule has 0 saturated carbocycles. The van der Waals surface area contributed by atoms with Crippen molar-refractivity contribution in [3.05, 3.63) is 96.4 Å². The first-order valence-electron chi connectivity index (χ1n) is 10.6. The third-order valence-corrected chi connectivity index (χ3v) is 5.69. The zero-order valence-corrected chi connectivity index (χ0v) is 18.0. The average molecular weight is 421 g/mol. The van der Waals surface area contributed by atoms with E-state index in [1.54, 1.807) is 12.5 Å². The first-order chi connectivity index (χ1) is 15.6. The number of nitrogens with one attached hydrogen (secondary N) is 1. The predicted octanol–water partition coefficient (Wildman–Crippen LogP) is 5.55. The van der Waals surface area contributed by atoms with Gasteiger partial charge in [-0.25, -0.2) is 9.97 Å². The Morgan fingerprint density at radius 2 is 1.69 bits per heavy atom. The van der Waals surface area contributed by atoms with E-state index in [9.17, 15) is 0 Å². The van der Waals surface area contributed by atoms with Gasteiger partial charge < -0.3 is 11.1 Å². The van der Waals surface area contributed by atoms with E-state index in [0.717, 1.165) is 39.2 Å². The fraction of sp³-hybridized carbons (Fsp3) is 0.115. The highest BCUT2D eigenvalue weighted by molar-refractivity contribution is 5.84. The lowest BCUT2D eigenvalue weighted by molar-refractivity contribution is 0.854. The van der Waals surface area contributed by atoms with Crippen molar-refractivity contribution in [2.24, 2.45) is 0 Å². The van der Waals surface area contributed by atoms with Gasteiger partial charge in [0.1, 0.15) is 12.1 Å². The van der Waals surface area contributed by atoms with Gasteiger partial charge in [0.2, 0.25) is 5.95 Å². The summed E-state index contributed by atoms with van der Waals surface area (Å²) >= 11 is 0. The number of nitrogens with zero attached hydrogens (tertiary/aromatic N) is 4. The fourth-order valence-electron chi connectivity index (χ4n) is 3.77. The lowest BCUT2D eigenvalue weighted by atomic mass is 10.0. The van der Waals surface area contributed by atoms with Crippen LogP contribution in [0, 0.1) is 6.92 Å². The normalized spacial score (nSPS) is 12.1. The Kier molecular flexibility index (Phi) is 5.03.